The number of ether oxygens (including phenoxy) is 1. The minimum Gasteiger partial charge on any atom is -0.378 e. The second kappa shape index (κ2) is 5.16. The van der Waals surface area contributed by atoms with Gasteiger partial charge in [-0.2, -0.15) is 0 Å². The summed E-state index contributed by atoms with van der Waals surface area (Å²) in [6.45, 7) is 7.08. The Labute approximate surface area is 89.7 Å². The highest BCUT2D eigenvalue weighted by Crippen LogP contribution is 2.30. The smallest absolute Gasteiger partial charge is 0.0576 e. The van der Waals surface area contributed by atoms with Gasteiger partial charge >= 0.3 is 0 Å². The molecule has 1 nitrogen and oxygen atoms in total. The van der Waals surface area contributed by atoms with E-state index in [0.717, 1.165) is 11.9 Å². The lowest BCUT2D eigenvalue weighted by molar-refractivity contribution is 0.0960. The fraction of sp³-hybridized carbons (Fsp3) is 0.818. The van der Waals surface area contributed by atoms with Crippen LogP contribution in [0.15, 0.2) is 12.7 Å². The average Bonchev–Trinajstić information content (AvgIpc) is 2.67. The van der Waals surface area contributed by atoms with E-state index in [1.165, 1.54) is 25.7 Å². The van der Waals surface area contributed by atoms with Crippen LogP contribution in [0.3, 0.4) is 0 Å². The van der Waals surface area contributed by atoms with Crippen LogP contribution in [0.25, 0.3) is 0 Å². The van der Waals surface area contributed by atoms with E-state index in [-0.39, 0.29) is 5.41 Å². The minimum atomic E-state index is 0.242. The first-order valence-electron chi connectivity index (χ1n) is 5.01. The van der Waals surface area contributed by atoms with Gasteiger partial charge in [0.05, 0.1) is 6.10 Å². The summed E-state index contributed by atoms with van der Waals surface area (Å²) in [5.74, 6) is 0. The van der Waals surface area contributed by atoms with E-state index in [9.17, 15) is 0 Å². The molecule has 0 aromatic carbocycles. The topological polar surface area (TPSA) is 9.23 Å². The van der Waals surface area contributed by atoms with Gasteiger partial charge in [0.25, 0.3) is 0 Å². The molecular formula is C11H19BrO. The fourth-order valence-corrected chi connectivity index (χ4v) is 2.10. The lowest BCUT2D eigenvalue weighted by Crippen LogP contribution is -2.18. The molecule has 1 saturated heterocycles. The number of allylic oxidation sites excluding steroid dienone is 1. The van der Waals surface area contributed by atoms with Crippen molar-refractivity contribution in [2.45, 2.75) is 38.7 Å². The third-order valence-corrected chi connectivity index (χ3v) is 4.14. The van der Waals surface area contributed by atoms with Crippen molar-refractivity contribution in [2.24, 2.45) is 5.41 Å². The van der Waals surface area contributed by atoms with Gasteiger partial charge in [-0.25, -0.2) is 0 Å². The molecule has 1 heterocycles. The summed E-state index contributed by atoms with van der Waals surface area (Å²) < 4.78 is 5.59. The van der Waals surface area contributed by atoms with Crippen LogP contribution in [0, 0.1) is 5.41 Å². The van der Waals surface area contributed by atoms with Crippen LogP contribution in [-0.4, -0.2) is 18.0 Å². The van der Waals surface area contributed by atoms with Crippen molar-refractivity contribution < 1.29 is 4.74 Å². The highest BCUT2D eigenvalue weighted by molar-refractivity contribution is 9.09. The molecule has 1 rings (SSSR count). The van der Waals surface area contributed by atoms with Gasteiger partial charge in [0, 0.05) is 11.9 Å². The second-order valence-electron chi connectivity index (χ2n) is 4.17. The lowest BCUT2D eigenvalue weighted by Gasteiger charge is -2.24. The monoisotopic (exact) mass is 246 g/mol. The van der Waals surface area contributed by atoms with Crippen LogP contribution >= 0.6 is 15.9 Å². The largest absolute Gasteiger partial charge is 0.378 e. The van der Waals surface area contributed by atoms with Crippen molar-refractivity contribution in [1.82, 2.24) is 0 Å². The number of rotatable bonds is 5. The quantitative estimate of drug-likeness (QED) is 0.533. The normalized spacial score (nSPS) is 27.1. The Kier molecular flexibility index (Phi) is 4.47. The molecule has 2 heteroatoms. The summed E-state index contributed by atoms with van der Waals surface area (Å²) in [6, 6.07) is 0. The molecule has 0 bridgehead atoms. The third-order valence-electron chi connectivity index (χ3n) is 2.86. The van der Waals surface area contributed by atoms with Crippen LogP contribution in [0.2, 0.25) is 0 Å². The van der Waals surface area contributed by atoms with Crippen LogP contribution in [0.1, 0.15) is 32.6 Å². The Bertz CT molecular complexity index is 163. The zero-order chi connectivity index (χ0) is 9.73. The summed E-state index contributed by atoms with van der Waals surface area (Å²) in [5.41, 5.74) is 0.242. The van der Waals surface area contributed by atoms with Gasteiger partial charge in [-0.3, -0.25) is 0 Å². The van der Waals surface area contributed by atoms with E-state index < -0.39 is 0 Å². The van der Waals surface area contributed by atoms with Gasteiger partial charge in [0.1, 0.15) is 0 Å². The molecule has 1 aliphatic rings. The average molecular weight is 247 g/mol. The summed E-state index contributed by atoms with van der Waals surface area (Å²) in [4.78, 5) is 0. The van der Waals surface area contributed by atoms with Crippen molar-refractivity contribution in [3.8, 4) is 0 Å². The van der Waals surface area contributed by atoms with Crippen molar-refractivity contribution in [3.63, 3.8) is 0 Å². The van der Waals surface area contributed by atoms with Gasteiger partial charge in [-0.05, 0) is 31.1 Å². The van der Waals surface area contributed by atoms with Crippen molar-refractivity contribution in [3.05, 3.63) is 12.7 Å². The summed E-state index contributed by atoms with van der Waals surface area (Å²) >= 11 is 3.53. The van der Waals surface area contributed by atoms with Crippen molar-refractivity contribution in [1.29, 1.82) is 0 Å². The van der Waals surface area contributed by atoms with Crippen molar-refractivity contribution >= 4 is 15.9 Å². The molecule has 1 fully saturated rings. The molecule has 1 aliphatic heterocycles. The second-order valence-corrected chi connectivity index (χ2v) is 4.73. The molecule has 0 spiro atoms. The number of halogens is 1. The molecule has 0 saturated carbocycles. The first kappa shape index (κ1) is 11.3. The first-order valence-corrected chi connectivity index (χ1v) is 6.13. The molecule has 0 radical (unpaired) electrons. The Morgan fingerprint density at radius 3 is 2.92 bits per heavy atom. The number of alkyl halides is 1. The maximum absolute atomic E-state index is 5.59. The molecule has 0 aromatic heterocycles. The van der Waals surface area contributed by atoms with Crippen LogP contribution in [-0.2, 0) is 4.74 Å². The van der Waals surface area contributed by atoms with E-state index in [2.05, 4.69) is 35.5 Å². The first-order chi connectivity index (χ1) is 6.20. The maximum Gasteiger partial charge on any atom is 0.0576 e. The molecule has 76 valence electrons. The predicted molar refractivity (Wildman–Crippen MR) is 60.3 cm³/mol. The van der Waals surface area contributed by atoms with Gasteiger partial charge in [-0.1, -0.05) is 28.9 Å². The molecular weight excluding hydrogens is 228 g/mol. The maximum atomic E-state index is 5.59. The Balaban J connectivity index is 2.26. The zero-order valence-electron chi connectivity index (χ0n) is 8.39. The highest BCUT2D eigenvalue weighted by atomic mass is 79.9. The molecule has 2 unspecified atom stereocenters. The van der Waals surface area contributed by atoms with E-state index in [1.54, 1.807) is 0 Å². The highest BCUT2D eigenvalue weighted by Gasteiger charge is 2.22. The van der Waals surface area contributed by atoms with Gasteiger partial charge in [0.2, 0.25) is 0 Å². The molecule has 13 heavy (non-hydrogen) atoms. The fourth-order valence-electron chi connectivity index (χ4n) is 1.59. The molecule has 2 atom stereocenters. The van der Waals surface area contributed by atoms with Gasteiger partial charge < -0.3 is 4.74 Å². The van der Waals surface area contributed by atoms with Crippen LogP contribution in [0.5, 0.6) is 0 Å². The Morgan fingerprint density at radius 2 is 2.46 bits per heavy atom. The summed E-state index contributed by atoms with van der Waals surface area (Å²) in [6.07, 6.45) is 7.40. The van der Waals surface area contributed by atoms with E-state index in [1.807, 2.05) is 0 Å². The predicted octanol–water partition coefficient (Wildman–Crippen LogP) is 3.53. The number of hydrogen-bond acceptors (Lipinski definition) is 1. The molecule has 0 N–H and O–H groups in total. The van der Waals surface area contributed by atoms with E-state index in [4.69, 9.17) is 4.74 Å². The van der Waals surface area contributed by atoms with E-state index in [0.29, 0.717) is 6.10 Å². The molecule has 0 aliphatic carbocycles. The SMILES string of the molecule is C=CC(C)(CBr)CCC1CCCO1. The summed E-state index contributed by atoms with van der Waals surface area (Å²) in [7, 11) is 0. The zero-order valence-corrected chi connectivity index (χ0v) is 9.98. The summed E-state index contributed by atoms with van der Waals surface area (Å²) in [5, 5.41) is 0.996. The standard InChI is InChI=1S/C11H19BrO/c1-3-11(2,9-12)7-6-10-5-4-8-13-10/h3,10H,1,4-9H2,2H3. The third kappa shape index (κ3) is 3.43. The van der Waals surface area contributed by atoms with E-state index >= 15 is 0 Å². The van der Waals surface area contributed by atoms with Gasteiger partial charge in [-0.15, -0.1) is 6.58 Å². The Hall–Kier alpha value is 0.180. The van der Waals surface area contributed by atoms with Crippen LogP contribution in [0.4, 0.5) is 0 Å². The van der Waals surface area contributed by atoms with Gasteiger partial charge in [0.15, 0.2) is 0 Å². The Morgan fingerprint density at radius 1 is 1.69 bits per heavy atom. The molecule has 0 aromatic rings. The van der Waals surface area contributed by atoms with Crippen LogP contribution < -0.4 is 0 Å². The minimum absolute atomic E-state index is 0.242. The molecule has 0 amide bonds. The van der Waals surface area contributed by atoms with Crippen molar-refractivity contribution in [2.75, 3.05) is 11.9 Å². The number of hydrogen-bond donors (Lipinski definition) is 0. The lowest BCUT2D eigenvalue weighted by atomic mass is 9.86.